The predicted octanol–water partition coefficient (Wildman–Crippen LogP) is 4.01. The number of hydrogen-bond donors (Lipinski definition) is 1. The lowest BCUT2D eigenvalue weighted by atomic mass is 10.1. The van der Waals surface area contributed by atoms with Crippen LogP contribution in [0.4, 0.5) is 5.69 Å². The molecule has 0 radical (unpaired) electrons. The molecule has 0 fully saturated rings. The first-order valence-corrected chi connectivity index (χ1v) is 9.30. The van der Waals surface area contributed by atoms with E-state index < -0.39 is 0 Å². The second-order valence-electron chi connectivity index (χ2n) is 6.25. The molecule has 2 aromatic rings. The third-order valence-corrected chi connectivity index (χ3v) is 4.13. The third kappa shape index (κ3) is 5.76. The number of aromatic nitrogens is 1. The molecule has 0 saturated heterocycles. The van der Waals surface area contributed by atoms with Crippen molar-refractivity contribution in [2.75, 3.05) is 32.1 Å². The number of hydrogen-bond acceptors (Lipinski definition) is 4. The molecule has 0 spiro atoms. The van der Waals surface area contributed by atoms with E-state index >= 15 is 0 Å². The van der Waals surface area contributed by atoms with Gasteiger partial charge in [-0.05, 0) is 49.1 Å². The number of nitrogens with zero attached hydrogens (tertiary/aromatic N) is 2. The summed E-state index contributed by atoms with van der Waals surface area (Å²) in [6.45, 7) is 6.50. The molecule has 5 nitrogen and oxygen atoms in total. The number of pyridine rings is 1. The molecule has 1 aromatic carbocycles. The summed E-state index contributed by atoms with van der Waals surface area (Å²) in [5.41, 5.74) is 2.64. The first kappa shape index (κ1) is 19.8. The molecule has 0 atom stereocenters. The molecule has 2 rings (SSSR count). The molecule has 1 heterocycles. The lowest BCUT2D eigenvalue weighted by molar-refractivity contribution is 0.0749. The number of carbonyl (C=O) groups is 1. The standard InChI is InChI=1S/C21H29N3O2/c1-4-13-24(14-5-2)21(25)20-10-9-18(16-23-20)22-12-11-17-7-6-8-19(15-17)26-3/h6-10,15-16,22H,4-5,11-14H2,1-3H3. The highest BCUT2D eigenvalue weighted by molar-refractivity contribution is 5.92. The Hall–Kier alpha value is -2.56. The third-order valence-electron chi connectivity index (χ3n) is 4.13. The summed E-state index contributed by atoms with van der Waals surface area (Å²) in [5.74, 6) is 0.882. The minimum atomic E-state index is 0.0108. The van der Waals surface area contributed by atoms with E-state index in [4.69, 9.17) is 4.74 Å². The van der Waals surface area contributed by atoms with Gasteiger partial charge in [-0.1, -0.05) is 26.0 Å². The van der Waals surface area contributed by atoms with Crippen LogP contribution >= 0.6 is 0 Å². The van der Waals surface area contributed by atoms with Crippen molar-refractivity contribution >= 4 is 11.6 Å². The maximum atomic E-state index is 12.5. The van der Waals surface area contributed by atoms with Gasteiger partial charge in [-0.2, -0.15) is 0 Å². The largest absolute Gasteiger partial charge is 0.497 e. The summed E-state index contributed by atoms with van der Waals surface area (Å²) >= 11 is 0. The predicted molar refractivity (Wildman–Crippen MR) is 106 cm³/mol. The SMILES string of the molecule is CCCN(CCC)C(=O)c1ccc(NCCc2cccc(OC)c2)cn1. The van der Waals surface area contributed by atoms with Crippen LogP contribution in [0.3, 0.4) is 0 Å². The van der Waals surface area contributed by atoms with Gasteiger partial charge in [-0.25, -0.2) is 4.98 Å². The summed E-state index contributed by atoms with van der Waals surface area (Å²) in [5, 5.41) is 3.35. The van der Waals surface area contributed by atoms with Gasteiger partial charge in [0.1, 0.15) is 11.4 Å². The van der Waals surface area contributed by atoms with Crippen LogP contribution in [0.5, 0.6) is 5.75 Å². The van der Waals surface area contributed by atoms with E-state index in [-0.39, 0.29) is 5.91 Å². The van der Waals surface area contributed by atoms with E-state index in [2.05, 4.69) is 30.2 Å². The van der Waals surface area contributed by atoms with Gasteiger partial charge in [0.05, 0.1) is 19.0 Å². The summed E-state index contributed by atoms with van der Waals surface area (Å²) in [6.07, 6.45) is 4.53. The zero-order chi connectivity index (χ0) is 18.8. The smallest absolute Gasteiger partial charge is 0.272 e. The molecule has 0 aliphatic rings. The topological polar surface area (TPSA) is 54.5 Å². The van der Waals surface area contributed by atoms with Crippen LogP contribution in [0.2, 0.25) is 0 Å². The summed E-state index contributed by atoms with van der Waals surface area (Å²) in [7, 11) is 1.67. The Kier molecular flexibility index (Phi) is 7.93. The van der Waals surface area contributed by atoms with Crippen LogP contribution in [-0.4, -0.2) is 42.5 Å². The van der Waals surface area contributed by atoms with Crippen LogP contribution in [-0.2, 0) is 6.42 Å². The van der Waals surface area contributed by atoms with Crippen molar-refractivity contribution < 1.29 is 9.53 Å². The van der Waals surface area contributed by atoms with E-state index in [1.54, 1.807) is 19.4 Å². The molecule has 1 aromatic heterocycles. The zero-order valence-electron chi connectivity index (χ0n) is 16.0. The quantitative estimate of drug-likeness (QED) is 0.700. The van der Waals surface area contributed by atoms with Crippen molar-refractivity contribution in [3.63, 3.8) is 0 Å². The van der Waals surface area contributed by atoms with Crippen LogP contribution in [0.15, 0.2) is 42.6 Å². The maximum absolute atomic E-state index is 12.5. The molecule has 0 aliphatic heterocycles. The summed E-state index contributed by atoms with van der Waals surface area (Å²) < 4.78 is 5.24. The maximum Gasteiger partial charge on any atom is 0.272 e. The van der Waals surface area contributed by atoms with Crippen LogP contribution in [0.1, 0.15) is 42.7 Å². The Morgan fingerprint density at radius 1 is 1.15 bits per heavy atom. The first-order chi connectivity index (χ1) is 12.7. The van der Waals surface area contributed by atoms with E-state index in [0.29, 0.717) is 5.69 Å². The number of benzene rings is 1. The monoisotopic (exact) mass is 355 g/mol. The number of methoxy groups -OCH3 is 1. The van der Waals surface area contributed by atoms with Crippen molar-refractivity contribution in [2.24, 2.45) is 0 Å². The molecule has 140 valence electrons. The Bertz CT molecular complexity index is 680. The average molecular weight is 355 g/mol. The van der Waals surface area contributed by atoms with Crippen LogP contribution in [0, 0.1) is 0 Å². The molecule has 26 heavy (non-hydrogen) atoms. The number of nitrogens with one attached hydrogen (secondary N) is 1. The Morgan fingerprint density at radius 3 is 2.54 bits per heavy atom. The van der Waals surface area contributed by atoms with E-state index in [9.17, 15) is 4.79 Å². The minimum absolute atomic E-state index is 0.0108. The van der Waals surface area contributed by atoms with Gasteiger partial charge < -0.3 is 15.0 Å². The number of amides is 1. The number of rotatable bonds is 10. The lowest BCUT2D eigenvalue weighted by Gasteiger charge is -2.21. The van der Waals surface area contributed by atoms with Crippen molar-refractivity contribution in [1.29, 1.82) is 0 Å². The Morgan fingerprint density at radius 2 is 1.92 bits per heavy atom. The normalized spacial score (nSPS) is 10.4. The molecule has 0 aliphatic carbocycles. The molecular formula is C21H29N3O2. The van der Waals surface area contributed by atoms with E-state index in [1.807, 2.05) is 29.2 Å². The second kappa shape index (κ2) is 10.4. The van der Waals surface area contributed by atoms with E-state index in [1.165, 1.54) is 5.56 Å². The second-order valence-corrected chi connectivity index (χ2v) is 6.25. The van der Waals surface area contributed by atoms with Gasteiger partial charge in [0.25, 0.3) is 5.91 Å². The molecule has 1 N–H and O–H groups in total. The fourth-order valence-electron chi connectivity index (χ4n) is 2.82. The molecule has 0 bridgehead atoms. The summed E-state index contributed by atoms with van der Waals surface area (Å²) in [6, 6.07) is 11.8. The van der Waals surface area contributed by atoms with Crippen molar-refractivity contribution in [3.05, 3.63) is 53.9 Å². The van der Waals surface area contributed by atoms with Gasteiger partial charge in [-0.15, -0.1) is 0 Å². The Labute approximate surface area is 156 Å². The van der Waals surface area contributed by atoms with Gasteiger partial charge in [0.15, 0.2) is 0 Å². The number of anilines is 1. The molecule has 0 saturated carbocycles. The lowest BCUT2D eigenvalue weighted by Crippen LogP contribution is -2.33. The van der Waals surface area contributed by atoms with Crippen LogP contribution < -0.4 is 10.1 Å². The molecule has 5 heteroatoms. The molecular weight excluding hydrogens is 326 g/mol. The van der Waals surface area contributed by atoms with Gasteiger partial charge >= 0.3 is 0 Å². The first-order valence-electron chi connectivity index (χ1n) is 9.30. The van der Waals surface area contributed by atoms with Crippen molar-refractivity contribution in [2.45, 2.75) is 33.1 Å². The average Bonchev–Trinajstić information content (AvgIpc) is 2.68. The summed E-state index contributed by atoms with van der Waals surface area (Å²) in [4.78, 5) is 18.7. The van der Waals surface area contributed by atoms with Gasteiger partial charge in [-0.3, -0.25) is 4.79 Å². The number of carbonyl (C=O) groups excluding carboxylic acids is 1. The highest BCUT2D eigenvalue weighted by Crippen LogP contribution is 2.14. The van der Waals surface area contributed by atoms with Gasteiger partial charge in [0, 0.05) is 19.6 Å². The Balaban J connectivity index is 1.89. The molecule has 0 unspecified atom stereocenters. The highest BCUT2D eigenvalue weighted by atomic mass is 16.5. The zero-order valence-corrected chi connectivity index (χ0v) is 16.0. The minimum Gasteiger partial charge on any atom is -0.497 e. The highest BCUT2D eigenvalue weighted by Gasteiger charge is 2.15. The number of ether oxygens (including phenoxy) is 1. The van der Waals surface area contributed by atoms with Crippen LogP contribution in [0.25, 0.3) is 0 Å². The van der Waals surface area contributed by atoms with E-state index in [0.717, 1.165) is 50.3 Å². The van der Waals surface area contributed by atoms with Crippen molar-refractivity contribution in [3.8, 4) is 5.75 Å². The fraction of sp³-hybridized carbons (Fsp3) is 0.429. The van der Waals surface area contributed by atoms with Gasteiger partial charge in [0.2, 0.25) is 0 Å². The van der Waals surface area contributed by atoms with Crippen molar-refractivity contribution in [1.82, 2.24) is 9.88 Å². The fourth-order valence-corrected chi connectivity index (χ4v) is 2.82. The molecule has 1 amide bonds.